The smallest absolute Gasteiger partial charge is 0.327 e. The van der Waals surface area contributed by atoms with Gasteiger partial charge in [0.1, 0.15) is 0 Å². The minimum Gasteiger partial charge on any atom is -0.480 e. The fraction of sp³-hybridized carbons (Fsp3) is 0.154. The summed E-state index contributed by atoms with van der Waals surface area (Å²) in [7, 11) is -3.96. The third-order valence-electron chi connectivity index (χ3n) is 2.77. The summed E-state index contributed by atoms with van der Waals surface area (Å²) in [5.41, 5.74) is 0.449. The molecule has 1 unspecified atom stereocenters. The van der Waals surface area contributed by atoms with Crippen molar-refractivity contribution >= 4 is 38.9 Å². The van der Waals surface area contributed by atoms with E-state index in [1.54, 1.807) is 24.4 Å². The normalized spacial score (nSPS) is 13.0. The predicted molar refractivity (Wildman–Crippen MR) is 81.2 cm³/mol. The maximum absolute atomic E-state index is 12.4. The summed E-state index contributed by atoms with van der Waals surface area (Å²) in [6.45, 7) is 1.60. The molecule has 1 atom stereocenters. The van der Waals surface area contributed by atoms with E-state index >= 15 is 0 Å². The van der Waals surface area contributed by atoms with Gasteiger partial charge in [0.25, 0.3) is 0 Å². The van der Waals surface area contributed by atoms with Crippen molar-refractivity contribution in [1.29, 1.82) is 0 Å². The molecular weight excluding hydrogens is 334 g/mol. The van der Waals surface area contributed by atoms with Crippen molar-refractivity contribution in [3.63, 3.8) is 0 Å². The van der Waals surface area contributed by atoms with Crippen molar-refractivity contribution in [3.05, 3.63) is 51.2 Å². The Labute approximate surface area is 131 Å². The van der Waals surface area contributed by atoms with Gasteiger partial charge in [0, 0.05) is 9.90 Å². The number of sulfonamides is 1. The van der Waals surface area contributed by atoms with Crippen LogP contribution in [0.2, 0.25) is 5.02 Å². The molecule has 2 aromatic rings. The topological polar surface area (TPSA) is 83.5 Å². The van der Waals surface area contributed by atoms with Gasteiger partial charge in [-0.15, -0.1) is 11.3 Å². The quantitative estimate of drug-likeness (QED) is 0.872. The first-order valence-corrected chi connectivity index (χ1v) is 8.60. The van der Waals surface area contributed by atoms with Crippen molar-refractivity contribution < 1.29 is 18.3 Å². The zero-order chi connectivity index (χ0) is 15.6. The van der Waals surface area contributed by atoms with Crippen LogP contribution in [-0.2, 0) is 14.8 Å². The molecule has 0 radical (unpaired) electrons. The van der Waals surface area contributed by atoms with Gasteiger partial charge in [-0.3, -0.25) is 4.79 Å². The Bertz CT molecular complexity index is 756. The van der Waals surface area contributed by atoms with E-state index in [9.17, 15) is 18.3 Å². The molecule has 112 valence electrons. The maximum Gasteiger partial charge on any atom is 0.327 e. The summed E-state index contributed by atoms with van der Waals surface area (Å²) in [6.07, 6.45) is 0. The molecule has 1 aromatic heterocycles. The molecule has 2 N–H and O–H groups in total. The number of carboxylic acid groups (broad SMARTS) is 1. The number of aliphatic carboxylic acids is 1. The Morgan fingerprint density at radius 2 is 2.10 bits per heavy atom. The Balaban J connectivity index is 2.37. The van der Waals surface area contributed by atoms with E-state index in [2.05, 4.69) is 4.72 Å². The average Bonchev–Trinajstić information content (AvgIpc) is 2.88. The maximum atomic E-state index is 12.4. The number of hydrogen-bond acceptors (Lipinski definition) is 4. The second-order valence-electron chi connectivity index (χ2n) is 4.32. The largest absolute Gasteiger partial charge is 0.480 e. The molecule has 0 aliphatic rings. The first-order chi connectivity index (χ1) is 9.81. The molecule has 5 nitrogen and oxygen atoms in total. The van der Waals surface area contributed by atoms with Crippen molar-refractivity contribution in [1.82, 2.24) is 4.72 Å². The Hall–Kier alpha value is -1.41. The van der Waals surface area contributed by atoms with Crippen LogP contribution in [0.4, 0.5) is 0 Å². The van der Waals surface area contributed by atoms with Gasteiger partial charge in [0.05, 0.1) is 4.90 Å². The van der Waals surface area contributed by atoms with Gasteiger partial charge in [-0.2, -0.15) is 4.72 Å². The van der Waals surface area contributed by atoms with Gasteiger partial charge >= 0.3 is 5.97 Å². The van der Waals surface area contributed by atoms with Crippen molar-refractivity contribution in [3.8, 4) is 0 Å². The molecule has 0 aliphatic carbocycles. The summed E-state index contributed by atoms with van der Waals surface area (Å²) in [6, 6.07) is 6.23. The minimum absolute atomic E-state index is 0.00899. The molecule has 21 heavy (non-hydrogen) atoms. The van der Waals surface area contributed by atoms with Crippen LogP contribution in [-0.4, -0.2) is 19.5 Å². The van der Waals surface area contributed by atoms with Gasteiger partial charge < -0.3 is 5.11 Å². The van der Waals surface area contributed by atoms with Crippen molar-refractivity contribution in [2.45, 2.75) is 17.9 Å². The van der Waals surface area contributed by atoms with Gasteiger partial charge in [0.2, 0.25) is 10.0 Å². The van der Waals surface area contributed by atoms with Crippen molar-refractivity contribution in [2.24, 2.45) is 0 Å². The summed E-state index contributed by atoms with van der Waals surface area (Å²) < 4.78 is 26.9. The number of nitrogens with one attached hydrogen (secondary N) is 1. The monoisotopic (exact) mass is 345 g/mol. The lowest BCUT2D eigenvalue weighted by molar-refractivity contribution is -0.139. The first-order valence-electron chi connectivity index (χ1n) is 5.86. The summed E-state index contributed by atoms with van der Waals surface area (Å²) >= 11 is 6.97. The molecule has 0 saturated heterocycles. The molecule has 0 aliphatic heterocycles. The second-order valence-corrected chi connectivity index (χ2v) is 7.42. The van der Waals surface area contributed by atoms with Gasteiger partial charge in [0.15, 0.2) is 6.04 Å². The molecule has 2 rings (SSSR count). The number of hydrogen-bond donors (Lipinski definition) is 2. The molecule has 8 heteroatoms. The highest BCUT2D eigenvalue weighted by Gasteiger charge is 2.28. The standard InChI is InChI=1S/C13H12ClNO4S2/c1-8-7-9(14)4-5-11(8)21(18,19)15-12(13(16)17)10-3-2-6-20-10/h2-7,12,15H,1H3,(H,16,17). The summed E-state index contributed by atoms with van der Waals surface area (Å²) in [4.78, 5) is 11.7. The van der Waals surface area contributed by atoms with Crippen LogP contribution in [0.1, 0.15) is 16.5 Å². The zero-order valence-corrected chi connectivity index (χ0v) is 13.3. The zero-order valence-electron chi connectivity index (χ0n) is 10.9. The Morgan fingerprint density at radius 1 is 1.38 bits per heavy atom. The van der Waals surface area contributed by atoms with E-state index in [4.69, 9.17) is 11.6 Å². The Morgan fingerprint density at radius 3 is 2.62 bits per heavy atom. The lowest BCUT2D eigenvalue weighted by atomic mass is 10.2. The molecule has 0 saturated carbocycles. The van der Waals surface area contributed by atoms with Crippen LogP contribution >= 0.6 is 22.9 Å². The van der Waals surface area contributed by atoms with Crippen LogP contribution < -0.4 is 4.72 Å². The van der Waals surface area contributed by atoms with E-state index in [1.807, 2.05) is 0 Å². The highest BCUT2D eigenvalue weighted by Crippen LogP contribution is 2.24. The van der Waals surface area contributed by atoms with Gasteiger partial charge in [-0.1, -0.05) is 17.7 Å². The van der Waals surface area contributed by atoms with Crippen LogP contribution in [0.25, 0.3) is 0 Å². The van der Waals surface area contributed by atoms with E-state index in [0.29, 0.717) is 15.5 Å². The number of thiophene rings is 1. The van der Waals surface area contributed by atoms with Crippen LogP contribution in [0.15, 0.2) is 40.6 Å². The van der Waals surface area contributed by atoms with E-state index < -0.39 is 22.0 Å². The second kappa shape index (κ2) is 6.15. The lowest BCUT2D eigenvalue weighted by Gasteiger charge is -2.14. The number of halogens is 1. The fourth-order valence-corrected chi connectivity index (χ4v) is 4.28. The fourth-order valence-electron chi connectivity index (χ4n) is 1.82. The molecule has 0 fully saturated rings. The average molecular weight is 346 g/mol. The third-order valence-corrected chi connectivity index (χ3v) is 5.53. The van der Waals surface area contributed by atoms with Crippen molar-refractivity contribution in [2.75, 3.05) is 0 Å². The number of benzene rings is 1. The molecule has 1 heterocycles. The predicted octanol–water partition coefficient (Wildman–Crippen LogP) is 2.81. The summed E-state index contributed by atoms with van der Waals surface area (Å²) in [5.74, 6) is -1.26. The third kappa shape index (κ3) is 3.62. The van der Waals surface area contributed by atoms with Crippen LogP contribution in [0.5, 0.6) is 0 Å². The van der Waals surface area contributed by atoms with Gasteiger partial charge in [-0.25, -0.2) is 8.42 Å². The van der Waals surface area contributed by atoms with Crippen LogP contribution in [0.3, 0.4) is 0 Å². The van der Waals surface area contributed by atoms with Gasteiger partial charge in [-0.05, 0) is 42.1 Å². The van der Waals surface area contributed by atoms with E-state index in [0.717, 1.165) is 0 Å². The highest BCUT2D eigenvalue weighted by atomic mass is 35.5. The first kappa shape index (κ1) is 16.0. The number of carbonyl (C=O) groups is 1. The highest BCUT2D eigenvalue weighted by molar-refractivity contribution is 7.89. The molecule has 0 amide bonds. The molecule has 0 spiro atoms. The Kier molecular flexibility index (Phi) is 4.67. The molecule has 0 bridgehead atoms. The number of aryl methyl sites for hydroxylation is 1. The number of carboxylic acids is 1. The summed E-state index contributed by atoms with van der Waals surface area (Å²) in [5, 5.41) is 11.3. The van der Waals surface area contributed by atoms with E-state index in [-0.39, 0.29) is 4.90 Å². The van der Waals surface area contributed by atoms with E-state index in [1.165, 1.54) is 29.5 Å². The molecular formula is C13H12ClNO4S2. The van der Waals surface area contributed by atoms with Crippen LogP contribution in [0, 0.1) is 6.92 Å². The molecule has 1 aromatic carbocycles. The number of rotatable bonds is 5. The minimum atomic E-state index is -3.96. The lowest BCUT2D eigenvalue weighted by Crippen LogP contribution is -2.33. The SMILES string of the molecule is Cc1cc(Cl)ccc1S(=O)(=O)NC(C(=O)O)c1cccs1.